The number of nitrogens with one attached hydrogen (secondary N) is 2. The zero-order valence-corrected chi connectivity index (χ0v) is 29.2. The number of aliphatic hydroxyl groups excluding tert-OH is 9. The molecule has 3 aliphatic heterocycles. The van der Waals surface area contributed by atoms with E-state index in [1.165, 1.54) is 12.1 Å². The second kappa shape index (κ2) is 18.5. The molecule has 310 valence electrons. The second-order valence-electron chi connectivity index (χ2n) is 13.1. The first-order chi connectivity index (χ1) is 25.9. The minimum Gasteiger partial charge on any atom is -0.477 e. The Kier molecular flexibility index (Phi) is 14.8. The number of hydrogen-bond acceptors (Lipinski definition) is 20. The van der Waals surface area contributed by atoms with Gasteiger partial charge >= 0.3 is 5.97 Å². The highest BCUT2D eigenvalue weighted by molar-refractivity contribution is 5.76. The predicted molar refractivity (Wildman–Crippen MR) is 173 cm³/mol. The molecule has 2 amide bonds. The topological polar surface area (TPSA) is 376 Å². The monoisotopic (exact) mass is 795 g/mol. The van der Waals surface area contributed by atoms with E-state index in [0.717, 1.165) is 26.0 Å². The molecule has 0 aromatic heterocycles. The summed E-state index contributed by atoms with van der Waals surface area (Å²) in [6.07, 6.45) is -26.2. The Morgan fingerprint density at radius 3 is 1.95 bits per heavy atom. The van der Waals surface area contributed by atoms with Crippen molar-refractivity contribution in [2.75, 3.05) is 19.8 Å². The summed E-state index contributed by atoms with van der Waals surface area (Å²) in [5.41, 5.74) is -0.291. The molecule has 0 radical (unpaired) electrons. The summed E-state index contributed by atoms with van der Waals surface area (Å²) >= 11 is 0. The van der Waals surface area contributed by atoms with Gasteiger partial charge in [0.05, 0.1) is 36.9 Å². The zero-order chi connectivity index (χ0) is 40.9. The lowest BCUT2D eigenvalue weighted by Crippen LogP contribution is -2.71. The van der Waals surface area contributed by atoms with Gasteiger partial charge in [-0.25, -0.2) is 4.79 Å². The Labute approximate surface area is 310 Å². The van der Waals surface area contributed by atoms with Crippen molar-refractivity contribution in [1.29, 1.82) is 0 Å². The molecular formula is C31H45N3O21. The van der Waals surface area contributed by atoms with Crippen LogP contribution in [0.5, 0.6) is 5.75 Å². The molecule has 3 aliphatic rings. The lowest BCUT2D eigenvalue weighted by atomic mass is 9.88. The van der Waals surface area contributed by atoms with Gasteiger partial charge in [0.25, 0.3) is 11.5 Å². The molecule has 24 heteroatoms. The third-order valence-electron chi connectivity index (χ3n) is 9.15. The second-order valence-corrected chi connectivity index (χ2v) is 13.1. The number of ether oxygens (including phenoxy) is 6. The average Bonchev–Trinajstić information content (AvgIpc) is 3.13. The molecule has 3 saturated heterocycles. The highest BCUT2D eigenvalue weighted by Crippen LogP contribution is 2.38. The van der Waals surface area contributed by atoms with Crippen molar-refractivity contribution in [3.8, 4) is 5.75 Å². The van der Waals surface area contributed by atoms with Gasteiger partial charge in [0, 0.05) is 32.4 Å². The zero-order valence-electron chi connectivity index (χ0n) is 29.2. The fourth-order valence-electron chi connectivity index (χ4n) is 6.43. The van der Waals surface area contributed by atoms with E-state index in [0.29, 0.717) is 0 Å². The maximum atomic E-state index is 12.8. The van der Waals surface area contributed by atoms with Crippen LogP contribution < -0.4 is 15.4 Å². The molecule has 0 saturated carbocycles. The first-order valence-electron chi connectivity index (χ1n) is 16.8. The predicted octanol–water partition coefficient (Wildman–Crippen LogP) is -6.08. The van der Waals surface area contributed by atoms with Crippen LogP contribution in [-0.2, 0) is 38.1 Å². The van der Waals surface area contributed by atoms with Gasteiger partial charge in [0.15, 0.2) is 6.29 Å². The highest BCUT2D eigenvalue weighted by atomic mass is 16.8. The number of carboxylic acids is 1. The van der Waals surface area contributed by atoms with Gasteiger partial charge in [-0.2, -0.15) is 0 Å². The number of aliphatic carboxylic acids is 1. The Balaban J connectivity index is 1.68. The number of amides is 2. The summed E-state index contributed by atoms with van der Waals surface area (Å²) in [6.45, 7) is -0.875. The third kappa shape index (κ3) is 9.81. The summed E-state index contributed by atoms with van der Waals surface area (Å²) in [5.74, 6) is -6.64. The summed E-state index contributed by atoms with van der Waals surface area (Å²) in [7, 11) is 0. The minimum absolute atomic E-state index is 0.0343. The van der Waals surface area contributed by atoms with Gasteiger partial charge in [-0.15, -0.1) is 0 Å². The van der Waals surface area contributed by atoms with E-state index in [1.54, 1.807) is 0 Å². The molecule has 55 heavy (non-hydrogen) atoms. The van der Waals surface area contributed by atoms with Crippen LogP contribution in [-0.4, -0.2) is 191 Å². The molecular weight excluding hydrogens is 750 g/mol. The van der Waals surface area contributed by atoms with Crippen molar-refractivity contribution in [1.82, 2.24) is 10.6 Å². The average molecular weight is 796 g/mol. The summed E-state index contributed by atoms with van der Waals surface area (Å²) < 4.78 is 34.2. The molecule has 16 unspecified atom stereocenters. The number of carbonyl (C=O) groups is 3. The van der Waals surface area contributed by atoms with E-state index in [-0.39, 0.29) is 11.4 Å². The standard InChI is InChI=1S/C31H45N3O21/c1-11(38)32-19-15(40)7-31(30(46)47,54-26(19)21(42)16(41)8-35)55-27-23(44)18(10-37)52-29(24(27)45)53-25-20(33-12(2)39)28(51-17(9-36)22(25)43)50-14-5-3-13(4-6-14)34(48)49/h3-6,15-29,35-37,40-45H,7-10H2,1-2H3,(H,32,38)(H,33,39)(H,46,47). The van der Waals surface area contributed by atoms with Crippen molar-refractivity contribution < 1.29 is 98.8 Å². The molecule has 4 rings (SSSR count). The summed E-state index contributed by atoms with van der Waals surface area (Å²) in [5, 5.41) is 121. The SMILES string of the molecule is CC(=O)NC1C(O)CC(OC2C(O)C(CO)OC(OC3C(O)C(CO)OC(Oc4ccc([N+](=O)[O-])cc4)C3NC(C)=O)C2O)(C(=O)O)OC1C(O)C(O)CO. The Bertz CT molecular complexity index is 1490. The molecule has 16 atom stereocenters. The van der Waals surface area contributed by atoms with Crippen molar-refractivity contribution in [2.24, 2.45) is 0 Å². The maximum absolute atomic E-state index is 12.8. The van der Waals surface area contributed by atoms with E-state index >= 15 is 0 Å². The van der Waals surface area contributed by atoms with E-state index in [1.807, 2.05) is 0 Å². The molecule has 3 fully saturated rings. The Morgan fingerprint density at radius 1 is 0.891 bits per heavy atom. The van der Waals surface area contributed by atoms with Gasteiger partial charge in [-0.05, 0) is 12.1 Å². The van der Waals surface area contributed by atoms with Crippen molar-refractivity contribution in [3.05, 3.63) is 34.4 Å². The molecule has 3 heterocycles. The van der Waals surface area contributed by atoms with Gasteiger partial charge in [0.2, 0.25) is 18.1 Å². The van der Waals surface area contributed by atoms with Gasteiger partial charge in [-0.3, -0.25) is 19.7 Å². The molecule has 1 aromatic rings. The first-order valence-corrected chi connectivity index (χ1v) is 16.8. The van der Waals surface area contributed by atoms with Crippen LogP contribution in [0.3, 0.4) is 0 Å². The summed E-state index contributed by atoms with van der Waals surface area (Å²) in [6, 6.07) is 1.48. The molecule has 1 aromatic carbocycles. The number of nitro benzene ring substituents is 1. The number of aliphatic hydroxyl groups is 9. The van der Waals surface area contributed by atoms with Crippen molar-refractivity contribution in [2.45, 2.75) is 118 Å². The normalized spacial score (nSPS) is 37.6. The fraction of sp³-hybridized carbons (Fsp3) is 0.710. The van der Waals surface area contributed by atoms with Gasteiger partial charge < -0.3 is 90.1 Å². The van der Waals surface area contributed by atoms with Crippen LogP contribution in [0, 0.1) is 10.1 Å². The lowest BCUT2D eigenvalue weighted by Gasteiger charge is -2.51. The Hall–Kier alpha value is -3.73. The largest absolute Gasteiger partial charge is 0.477 e. The number of non-ortho nitro benzene ring substituents is 1. The Morgan fingerprint density at radius 2 is 1.44 bits per heavy atom. The number of benzene rings is 1. The van der Waals surface area contributed by atoms with E-state index < -0.39 is 147 Å². The number of nitrogens with zero attached hydrogens (tertiary/aromatic N) is 1. The van der Waals surface area contributed by atoms with Crippen LogP contribution in [0.25, 0.3) is 0 Å². The fourth-order valence-corrected chi connectivity index (χ4v) is 6.43. The number of rotatable bonds is 15. The minimum atomic E-state index is -3.09. The van der Waals surface area contributed by atoms with Crippen LogP contribution in [0.2, 0.25) is 0 Å². The van der Waals surface area contributed by atoms with Crippen LogP contribution in [0.1, 0.15) is 20.3 Å². The number of nitro groups is 1. The van der Waals surface area contributed by atoms with Crippen LogP contribution in [0.4, 0.5) is 5.69 Å². The van der Waals surface area contributed by atoms with Crippen LogP contribution in [0.15, 0.2) is 24.3 Å². The molecule has 24 nitrogen and oxygen atoms in total. The molecule has 0 aliphatic carbocycles. The van der Waals surface area contributed by atoms with Crippen molar-refractivity contribution >= 4 is 23.5 Å². The number of hydrogen-bond donors (Lipinski definition) is 12. The smallest absolute Gasteiger partial charge is 0.364 e. The highest BCUT2D eigenvalue weighted by Gasteiger charge is 2.60. The number of carbonyl (C=O) groups excluding carboxylic acids is 2. The molecule has 0 bridgehead atoms. The van der Waals surface area contributed by atoms with Gasteiger partial charge in [0.1, 0.15) is 72.8 Å². The van der Waals surface area contributed by atoms with Crippen molar-refractivity contribution in [3.63, 3.8) is 0 Å². The molecule has 0 spiro atoms. The van der Waals surface area contributed by atoms with E-state index in [4.69, 9.17) is 28.4 Å². The quantitative estimate of drug-likeness (QED) is 0.0580. The number of carboxylic acid groups (broad SMARTS) is 1. The van der Waals surface area contributed by atoms with E-state index in [2.05, 4.69) is 10.6 Å². The molecule has 12 N–H and O–H groups in total. The maximum Gasteiger partial charge on any atom is 0.364 e. The summed E-state index contributed by atoms with van der Waals surface area (Å²) in [4.78, 5) is 47.5. The first kappa shape index (κ1) is 44.0. The van der Waals surface area contributed by atoms with Gasteiger partial charge in [-0.1, -0.05) is 0 Å². The lowest BCUT2D eigenvalue weighted by molar-refractivity contribution is -0.384. The van der Waals surface area contributed by atoms with Crippen LogP contribution >= 0.6 is 0 Å². The van der Waals surface area contributed by atoms with E-state index in [9.17, 15) is 75.6 Å². The third-order valence-corrected chi connectivity index (χ3v) is 9.15.